The molecule has 0 spiro atoms. The number of ether oxygens (including phenoxy) is 2. The van der Waals surface area contributed by atoms with Crippen molar-refractivity contribution >= 4 is 23.1 Å². The maximum atomic E-state index is 12.0. The number of carbonyl (C=O) groups is 1. The van der Waals surface area contributed by atoms with Gasteiger partial charge in [0.25, 0.3) is 0 Å². The van der Waals surface area contributed by atoms with E-state index < -0.39 is 5.41 Å². The van der Waals surface area contributed by atoms with Crippen LogP contribution in [0.25, 0.3) is 0 Å². The van der Waals surface area contributed by atoms with Crippen LogP contribution in [-0.2, 0) is 4.79 Å². The van der Waals surface area contributed by atoms with Crippen molar-refractivity contribution in [1.29, 1.82) is 0 Å². The van der Waals surface area contributed by atoms with E-state index in [0.29, 0.717) is 23.0 Å². The van der Waals surface area contributed by atoms with Crippen molar-refractivity contribution in [2.24, 2.45) is 5.41 Å². The van der Waals surface area contributed by atoms with E-state index in [4.69, 9.17) is 9.47 Å². The first-order valence-corrected chi connectivity index (χ1v) is 7.60. The van der Waals surface area contributed by atoms with Gasteiger partial charge in [0.05, 0.1) is 31.8 Å². The van der Waals surface area contributed by atoms with E-state index in [2.05, 4.69) is 15.6 Å². The van der Waals surface area contributed by atoms with E-state index in [0.717, 1.165) is 5.69 Å². The van der Waals surface area contributed by atoms with E-state index >= 15 is 0 Å². The summed E-state index contributed by atoms with van der Waals surface area (Å²) in [4.78, 5) is 16.3. The van der Waals surface area contributed by atoms with Gasteiger partial charge in [-0.1, -0.05) is 20.8 Å². The number of amides is 1. The van der Waals surface area contributed by atoms with Gasteiger partial charge in [-0.05, 0) is 24.3 Å². The summed E-state index contributed by atoms with van der Waals surface area (Å²) in [7, 11) is 3.21. The molecule has 1 aromatic carbocycles. The Balaban J connectivity index is 2.13. The standard InChI is InChI=1S/C18H23N3O3/c1-18(2,3)17(22)20-12-6-9-16(19-11-12)21-14-10-13(23-4)7-8-15(14)24-5/h6-11H,1-5H3,(H,19,21)(H,20,22). The zero-order chi connectivity index (χ0) is 17.7. The van der Waals surface area contributed by atoms with Gasteiger partial charge in [0.15, 0.2) is 0 Å². The molecular weight excluding hydrogens is 306 g/mol. The second-order valence-electron chi connectivity index (χ2n) is 6.33. The molecule has 0 unspecified atom stereocenters. The molecule has 0 fully saturated rings. The van der Waals surface area contributed by atoms with Crippen molar-refractivity contribution in [2.45, 2.75) is 20.8 Å². The molecule has 0 aliphatic carbocycles. The lowest BCUT2D eigenvalue weighted by Crippen LogP contribution is -2.27. The van der Waals surface area contributed by atoms with E-state index in [1.54, 1.807) is 32.5 Å². The lowest BCUT2D eigenvalue weighted by molar-refractivity contribution is -0.123. The molecule has 2 aromatic rings. The van der Waals surface area contributed by atoms with Crippen molar-refractivity contribution < 1.29 is 14.3 Å². The predicted octanol–water partition coefficient (Wildman–Crippen LogP) is 3.83. The minimum atomic E-state index is -0.453. The van der Waals surface area contributed by atoms with Gasteiger partial charge in [0.2, 0.25) is 5.91 Å². The maximum Gasteiger partial charge on any atom is 0.229 e. The zero-order valence-electron chi connectivity index (χ0n) is 14.6. The number of anilines is 3. The molecule has 1 aromatic heterocycles. The Kier molecular flexibility index (Phi) is 5.28. The largest absolute Gasteiger partial charge is 0.497 e. The summed E-state index contributed by atoms with van der Waals surface area (Å²) >= 11 is 0. The number of nitrogens with zero attached hydrogens (tertiary/aromatic N) is 1. The van der Waals surface area contributed by atoms with Crippen LogP contribution >= 0.6 is 0 Å². The average Bonchev–Trinajstić information content (AvgIpc) is 2.55. The zero-order valence-corrected chi connectivity index (χ0v) is 14.6. The first-order valence-electron chi connectivity index (χ1n) is 7.60. The topological polar surface area (TPSA) is 72.5 Å². The number of hydrogen-bond donors (Lipinski definition) is 2. The summed E-state index contributed by atoms with van der Waals surface area (Å²) in [6.45, 7) is 5.59. The fraction of sp³-hybridized carbons (Fsp3) is 0.333. The third-order valence-electron chi connectivity index (χ3n) is 3.37. The molecule has 6 heteroatoms. The van der Waals surface area contributed by atoms with Crippen LogP contribution in [0.5, 0.6) is 11.5 Å². The molecule has 0 saturated heterocycles. The second kappa shape index (κ2) is 7.21. The average molecular weight is 329 g/mol. The SMILES string of the molecule is COc1ccc(OC)c(Nc2ccc(NC(=O)C(C)(C)C)cn2)c1. The summed E-state index contributed by atoms with van der Waals surface area (Å²) in [6.07, 6.45) is 1.61. The van der Waals surface area contributed by atoms with E-state index in [1.807, 2.05) is 39.0 Å². The second-order valence-corrected chi connectivity index (χ2v) is 6.33. The number of benzene rings is 1. The molecule has 1 heterocycles. The van der Waals surface area contributed by atoms with Crippen LogP contribution in [0.15, 0.2) is 36.5 Å². The van der Waals surface area contributed by atoms with Crippen LogP contribution < -0.4 is 20.1 Å². The lowest BCUT2D eigenvalue weighted by atomic mass is 9.96. The van der Waals surface area contributed by atoms with Crippen LogP contribution in [0, 0.1) is 5.41 Å². The summed E-state index contributed by atoms with van der Waals surface area (Å²) in [5.41, 5.74) is 0.944. The highest BCUT2D eigenvalue weighted by atomic mass is 16.5. The smallest absolute Gasteiger partial charge is 0.229 e. The Morgan fingerprint density at radius 2 is 1.83 bits per heavy atom. The first kappa shape index (κ1) is 17.6. The number of carbonyl (C=O) groups excluding carboxylic acids is 1. The van der Waals surface area contributed by atoms with E-state index in [9.17, 15) is 4.79 Å². The normalized spacial score (nSPS) is 10.9. The van der Waals surface area contributed by atoms with Crippen LogP contribution in [0.3, 0.4) is 0 Å². The molecule has 0 saturated carbocycles. The van der Waals surface area contributed by atoms with Crippen LogP contribution in [0.2, 0.25) is 0 Å². The fourth-order valence-electron chi connectivity index (χ4n) is 1.91. The van der Waals surface area contributed by atoms with Gasteiger partial charge in [0.1, 0.15) is 17.3 Å². The van der Waals surface area contributed by atoms with Crippen LogP contribution in [-0.4, -0.2) is 25.1 Å². The molecule has 0 aliphatic heterocycles. The minimum Gasteiger partial charge on any atom is -0.497 e. The number of pyridine rings is 1. The maximum absolute atomic E-state index is 12.0. The summed E-state index contributed by atoms with van der Waals surface area (Å²) in [6, 6.07) is 9.06. The molecule has 128 valence electrons. The Hall–Kier alpha value is -2.76. The highest BCUT2D eigenvalue weighted by Crippen LogP contribution is 2.31. The lowest BCUT2D eigenvalue weighted by Gasteiger charge is -2.17. The van der Waals surface area contributed by atoms with Gasteiger partial charge in [-0.2, -0.15) is 0 Å². The third kappa shape index (κ3) is 4.38. The third-order valence-corrected chi connectivity index (χ3v) is 3.37. The minimum absolute atomic E-state index is 0.0560. The molecule has 2 rings (SSSR count). The molecule has 0 aliphatic rings. The number of methoxy groups -OCH3 is 2. The molecule has 2 N–H and O–H groups in total. The molecular formula is C18H23N3O3. The van der Waals surface area contributed by atoms with E-state index in [1.165, 1.54) is 0 Å². The number of rotatable bonds is 5. The molecule has 6 nitrogen and oxygen atoms in total. The highest BCUT2D eigenvalue weighted by Gasteiger charge is 2.21. The molecule has 0 atom stereocenters. The number of hydrogen-bond acceptors (Lipinski definition) is 5. The number of nitrogens with one attached hydrogen (secondary N) is 2. The summed E-state index contributed by atoms with van der Waals surface area (Å²) < 4.78 is 10.6. The first-order chi connectivity index (χ1) is 11.3. The summed E-state index contributed by atoms with van der Waals surface area (Å²) in [5.74, 6) is 1.98. The van der Waals surface area contributed by atoms with Crippen LogP contribution in [0.1, 0.15) is 20.8 Å². The quantitative estimate of drug-likeness (QED) is 0.872. The number of aromatic nitrogens is 1. The van der Waals surface area contributed by atoms with Gasteiger partial charge in [-0.25, -0.2) is 4.98 Å². The predicted molar refractivity (Wildman–Crippen MR) is 95.2 cm³/mol. The summed E-state index contributed by atoms with van der Waals surface area (Å²) in [5, 5.41) is 6.02. The van der Waals surface area contributed by atoms with Crippen LogP contribution in [0.4, 0.5) is 17.2 Å². The van der Waals surface area contributed by atoms with Crippen molar-refractivity contribution in [2.75, 3.05) is 24.9 Å². The van der Waals surface area contributed by atoms with E-state index in [-0.39, 0.29) is 5.91 Å². The van der Waals surface area contributed by atoms with Gasteiger partial charge < -0.3 is 20.1 Å². The molecule has 0 radical (unpaired) electrons. The van der Waals surface area contributed by atoms with Gasteiger partial charge in [-0.3, -0.25) is 4.79 Å². The van der Waals surface area contributed by atoms with Gasteiger partial charge in [0, 0.05) is 11.5 Å². The highest BCUT2D eigenvalue weighted by molar-refractivity contribution is 5.94. The molecule has 0 bridgehead atoms. The molecule has 24 heavy (non-hydrogen) atoms. The van der Waals surface area contributed by atoms with Crippen molar-refractivity contribution in [3.05, 3.63) is 36.5 Å². The Morgan fingerprint density at radius 3 is 2.38 bits per heavy atom. The van der Waals surface area contributed by atoms with Crippen molar-refractivity contribution in [3.8, 4) is 11.5 Å². The van der Waals surface area contributed by atoms with Gasteiger partial charge in [-0.15, -0.1) is 0 Å². The Labute approximate surface area is 142 Å². The van der Waals surface area contributed by atoms with Crippen molar-refractivity contribution in [1.82, 2.24) is 4.98 Å². The monoisotopic (exact) mass is 329 g/mol. The van der Waals surface area contributed by atoms with Crippen molar-refractivity contribution in [3.63, 3.8) is 0 Å². The Bertz CT molecular complexity index is 706. The Morgan fingerprint density at radius 1 is 1.08 bits per heavy atom. The molecule has 1 amide bonds. The van der Waals surface area contributed by atoms with Gasteiger partial charge >= 0.3 is 0 Å². The fourth-order valence-corrected chi connectivity index (χ4v) is 1.91.